The van der Waals surface area contributed by atoms with E-state index in [-0.39, 0.29) is 12.5 Å². The summed E-state index contributed by atoms with van der Waals surface area (Å²) in [6, 6.07) is 0. The van der Waals surface area contributed by atoms with Crippen molar-refractivity contribution in [2.45, 2.75) is 32.7 Å². The molecule has 1 aromatic rings. The second kappa shape index (κ2) is 7.47. The van der Waals surface area contributed by atoms with Gasteiger partial charge in [-0.05, 0) is 6.42 Å². The third kappa shape index (κ3) is 4.99. The largest absolute Gasteiger partial charge is 0.481 e. The number of aromatic nitrogens is 2. The molecule has 0 bridgehead atoms. The maximum absolute atomic E-state index is 11.5. The molecule has 0 aromatic carbocycles. The fraction of sp³-hybridized carbons (Fsp3) is 0.583. The van der Waals surface area contributed by atoms with E-state index in [1.807, 2.05) is 6.92 Å². The van der Waals surface area contributed by atoms with Crippen molar-refractivity contribution in [1.82, 2.24) is 14.9 Å². The Morgan fingerprint density at radius 3 is 2.83 bits per heavy atom. The molecular weight excluding hydrogens is 234 g/mol. The number of hydrogen-bond donors (Lipinski definition) is 2. The van der Waals surface area contributed by atoms with Crippen molar-refractivity contribution in [3.63, 3.8) is 0 Å². The van der Waals surface area contributed by atoms with Crippen molar-refractivity contribution in [1.29, 1.82) is 0 Å². The van der Waals surface area contributed by atoms with Crippen LogP contribution in [0.15, 0.2) is 18.7 Å². The van der Waals surface area contributed by atoms with Crippen molar-refractivity contribution < 1.29 is 14.7 Å². The number of carboxylic acid groups (broad SMARTS) is 1. The van der Waals surface area contributed by atoms with Gasteiger partial charge in [0.25, 0.3) is 0 Å². The van der Waals surface area contributed by atoms with E-state index in [9.17, 15) is 9.59 Å². The third-order valence-corrected chi connectivity index (χ3v) is 2.69. The molecule has 1 atom stereocenters. The SMILES string of the molecule is CCCC(CNC(=O)CCn1ccnc1)C(=O)O. The summed E-state index contributed by atoms with van der Waals surface area (Å²) >= 11 is 0. The molecule has 0 fully saturated rings. The molecule has 1 unspecified atom stereocenters. The molecule has 1 amide bonds. The average molecular weight is 253 g/mol. The van der Waals surface area contributed by atoms with Gasteiger partial charge in [-0.3, -0.25) is 9.59 Å². The minimum Gasteiger partial charge on any atom is -0.481 e. The highest BCUT2D eigenvalue weighted by Crippen LogP contribution is 2.05. The van der Waals surface area contributed by atoms with Crippen LogP contribution in [0.25, 0.3) is 0 Å². The molecule has 18 heavy (non-hydrogen) atoms. The Labute approximate surface area is 106 Å². The summed E-state index contributed by atoms with van der Waals surface area (Å²) in [5.41, 5.74) is 0. The molecule has 1 aromatic heterocycles. The van der Waals surface area contributed by atoms with Gasteiger partial charge in [0.15, 0.2) is 0 Å². The van der Waals surface area contributed by atoms with Crippen LogP contribution in [0.1, 0.15) is 26.2 Å². The normalized spacial score (nSPS) is 12.1. The minimum atomic E-state index is -0.855. The van der Waals surface area contributed by atoms with Crippen LogP contribution in [0.5, 0.6) is 0 Å². The standard InChI is InChI=1S/C12H19N3O3/c1-2-3-10(12(17)18)8-14-11(16)4-6-15-7-5-13-9-15/h5,7,9-10H,2-4,6,8H2,1H3,(H,14,16)(H,17,18). The van der Waals surface area contributed by atoms with Crippen LogP contribution in [-0.2, 0) is 16.1 Å². The number of rotatable bonds is 8. The van der Waals surface area contributed by atoms with Gasteiger partial charge >= 0.3 is 5.97 Å². The maximum atomic E-state index is 11.5. The van der Waals surface area contributed by atoms with Gasteiger partial charge in [0.05, 0.1) is 12.2 Å². The van der Waals surface area contributed by atoms with Crippen molar-refractivity contribution >= 4 is 11.9 Å². The maximum Gasteiger partial charge on any atom is 0.308 e. The van der Waals surface area contributed by atoms with E-state index < -0.39 is 11.9 Å². The number of nitrogens with one attached hydrogen (secondary N) is 1. The first-order valence-corrected chi connectivity index (χ1v) is 6.08. The smallest absolute Gasteiger partial charge is 0.308 e. The van der Waals surface area contributed by atoms with Crippen LogP contribution in [0.3, 0.4) is 0 Å². The Bertz CT molecular complexity index is 376. The topological polar surface area (TPSA) is 84.2 Å². The lowest BCUT2D eigenvalue weighted by Crippen LogP contribution is -2.33. The Kier molecular flexibility index (Phi) is 5.90. The minimum absolute atomic E-state index is 0.133. The van der Waals surface area contributed by atoms with E-state index in [0.717, 1.165) is 6.42 Å². The van der Waals surface area contributed by atoms with Crippen LogP contribution in [0.2, 0.25) is 0 Å². The summed E-state index contributed by atoms with van der Waals surface area (Å²) in [5.74, 6) is -1.48. The number of aryl methyl sites for hydroxylation is 1. The summed E-state index contributed by atoms with van der Waals surface area (Å²) < 4.78 is 1.81. The molecule has 0 radical (unpaired) electrons. The quantitative estimate of drug-likeness (QED) is 0.720. The van der Waals surface area contributed by atoms with Gasteiger partial charge in [-0.1, -0.05) is 13.3 Å². The number of aliphatic carboxylic acids is 1. The zero-order valence-electron chi connectivity index (χ0n) is 10.5. The van der Waals surface area contributed by atoms with E-state index >= 15 is 0 Å². The van der Waals surface area contributed by atoms with Crippen LogP contribution < -0.4 is 5.32 Å². The molecule has 0 saturated heterocycles. The van der Waals surface area contributed by atoms with Crippen LogP contribution >= 0.6 is 0 Å². The van der Waals surface area contributed by atoms with Gasteiger partial charge in [-0.25, -0.2) is 4.98 Å². The van der Waals surface area contributed by atoms with E-state index in [0.29, 0.717) is 19.4 Å². The summed E-state index contributed by atoms with van der Waals surface area (Å²) in [7, 11) is 0. The first-order chi connectivity index (χ1) is 8.63. The Balaban J connectivity index is 2.25. The van der Waals surface area contributed by atoms with Gasteiger partial charge < -0.3 is 15.0 Å². The average Bonchev–Trinajstić information content (AvgIpc) is 2.84. The Morgan fingerprint density at radius 1 is 1.50 bits per heavy atom. The molecule has 6 nitrogen and oxygen atoms in total. The van der Waals surface area contributed by atoms with E-state index in [2.05, 4.69) is 10.3 Å². The first kappa shape index (κ1) is 14.2. The van der Waals surface area contributed by atoms with Gasteiger partial charge in [-0.2, -0.15) is 0 Å². The Morgan fingerprint density at radius 2 is 2.28 bits per heavy atom. The number of carbonyl (C=O) groups excluding carboxylic acids is 1. The predicted molar refractivity (Wildman–Crippen MR) is 65.9 cm³/mol. The summed E-state index contributed by atoms with van der Waals surface area (Å²) in [6.07, 6.45) is 6.78. The number of imidazole rings is 1. The lowest BCUT2D eigenvalue weighted by atomic mass is 10.0. The first-order valence-electron chi connectivity index (χ1n) is 6.08. The molecular formula is C12H19N3O3. The van der Waals surface area contributed by atoms with E-state index in [1.54, 1.807) is 23.3 Å². The number of nitrogens with zero attached hydrogens (tertiary/aromatic N) is 2. The van der Waals surface area contributed by atoms with Crippen LogP contribution in [-0.4, -0.2) is 33.1 Å². The summed E-state index contributed by atoms with van der Waals surface area (Å²) in [5, 5.41) is 11.6. The fourth-order valence-corrected chi connectivity index (χ4v) is 1.64. The molecule has 0 aliphatic heterocycles. The fourth-order valence-electron chi connectivity index (χ4n) is 1.64. The van der Waals surface area contributed by atoms with E-state index in [1.165, 1.54) is 0 Å². The van der Waals surface area contributed by atoms with Crippen molar-refractivity contribution in [3.05, 3.63) is 18.7 Å². The van der Waals surface area contributed by atoms with Gasteiger partial charge in [0, 0.05) is 31.9 Å². The second-order valence-electron chi connectivity index (χ2n) is 4.18. The highest BCUT2D eigenvalue weighted by molar-refractivity contribution is 5.77. The predicted octanol–water partition coefficient (Wildman–Crippen LogP) is 0.890. The molecule has 0 aliphatic carbocycles. The third-order valence-electron chi connectivity index (χ3n) is 2.69. The number of hydrogen-bond acceptors (Lipinski definition) is 3. The van der Waals surface area contributed by atoms with E-state index in [4.69, 9.17) is 5.11 Å². The number of amides is 1. The number of carbonyl (C=O) groups is 2. The lowest BCUT2D eigenvalue weighted by Gasteiger charge is -2.12. The molecule has 2 N–H and O–H groups in total. The van der Waals surface area contributed by atoms with Gasteiger partial charge in [-0.15, -0.1) is 0 Å². The second-order valence-corrected chi connectivity index (χ2v) is 4.18. The summed E-state index contributed by atoms with van der Waals surface area (Å²) in [6.45, 7) is 2.68. The number of carboxylic acids is 1. The highest BCUT2D eigenvalue weighted by Gasteiger charge is 2.16. The van der Waals surface area contributed by atoms with Crippen molar-refractivity contribution in [2.24, 2.45) is 5.92 Å². The molecule has 6 heteroatoms. The zero-order chi connectivity index (χ0) is 13.4. The molecule has 100 valence electrons. The van der Waals surface area contributed by atoms with Crippen molar-refractivity contribution in [3.8, 4) is 0 Å². The monoisotopic (exact) mass is 253 g/mol. The van der Waals surface area contributed by atoms with Gasteiger partial charge in [0.2, 0.25) is 5.91 Å². The zero-order valence-corrected chi connectivity index (χ0v) is 10.5. The lowest BCUT2D eigenvalue weighted by molar-refractivity contribution is -0.141. The van der Waals surface area contributed by atoms with Crippen LogP contribution in [0, 0.1) is 5.92 Å². The highest BCUT2D eigenvalue weighted by atomic mass is 16.4. The van der Waals surface area contributed by atoms with Crippen LogP contribution in [0.4, 0.5) is 0 Å². The molecule has 0 saturated carbocycles. The molecule has 0 spiro atoms. The molecule has 0 aliphatic rings. The molecule has 1 heterocycles. The Hall–Kier alpha value is -1.85. The molecule has 1 rings (SSSR count). The van der Waals surface area contributed by atoms with Crippen molar-refractivity contribution in [2.75, 3.05) is 6.54 Å². The summed E-state index contributed by atoms with van der Waals surface area (Å²) in [4.78, 5) is 26.3. The van der Waals surface area contributed by atoms with Gasteiger partial charge in [0.1, 0.15) is 0 Å².